The number of pyridine rings is 1. The Labute approximate surface area is 171 Å². The highest BCUT2D eigenvalue weighted by Gasteiger charge is 2.15. The number of benzene rings is 1. The lowest BCUT2D eigenvalue weighted by Crippen LogP contribution is -2.36. The van der Waals surface area contributed by atoms with Crippen molar-refractivity contribution in [2.45, 2.75) is 19.3 Å². The Morgan fingerprint density at radius 1 is 1.00 bits per heavy atom. The molecule has 0 amide bonds. The molecule has 0 saturated carbocycles. The minimum atomic E-state index is 0.605. The highest BCUT2D eigenvalue weighted by molar-refractivity contribution is 5.87. The number of hydrogen-bond donors (Lipinski definition) is 2. The Morgan fingerprint density at radius 2 is 1.83 bits per heavy atom. The molecule has 0 spiro atoms. The molecule has 3 N–H and O–H groups in total. The normalized spacial score (nSPS) is 19.2. The van der Waals surface area contributed by atoms with Crippen LogP contribution in [0.25, 0.3) is 17.3 Å². The largest absolute Gasteiger partial charge is 0.398 e. The molecule has 2 fully saturated rings. The monoisotopic (exact) mass is 392 g/mol. The van der Waals surface area contributed by atoms with E-state index in [0.29, 0.717) is 11.3 Å². The van der Waals surface area contributed by atoms with E-state index in [2.05, 4.69) is 23.1 Å². The third-order valence-corrected chi connectivity index (χ3v) is 5.45. The molecule has 0 atom stereocenters. The predicted molar refractivity (Wildman–Crippen MR) is 118 cm³/mol. The van der Waals surface area contributed by atoms with Crippen LogP contribution in [0.1, 0.15) is 30.5 Å². The van der Waals surface area contributed by atoms with Crippen molar-refractivity contribution in [3.05, 3.63) is 47.2 Å². The number of anilines is 2. The fourth-order valence-corrected chi connectivity index (χ4v) is 3.81. The minimum Gasteiger partial charge on any atom is -0.398 e. The average molecular weight is 393 g/mol. The third-order valence-electron chi connectivity index (χ3n) is 5.45. The SMILES string of the molecule is N=Cc1cc(-c2cc(N3CCOCC3)cc(/C=C3/CCCOCC3)n2)ccc1N. The van der Waals surface area contributed by atoms with E-state index >= 15 is 0 Å². The Hall–Kier alpha value is -2.70. The summed E-state index contributed by atoms with van der Waals surface area (Å²) >= 11 is 0. The van der Waals surface area contributed by atoms with Crippen molar-refractivity contribution >= 4 is 23.7 Å². The van der Waals surface area contributed by atoms with E-state index in [9.17, 15) is 0 Å². The van der Waals surface area contributed by atoms with Gasteiger partial charge in [0, 0.05) is 48.4 Å². The first kappa shape index (κ1) is 19.6. The molecule has 2 aliphatic heterocycles. The number of nitrogen functional groups attached to an aromatic ring is 1. The van der Waals surface area contributed by atoms with Crippen LogP contribution < -0.4 is 10.6 Å². The van der Waals surface area contributed by atoms with Gasteiger partial charge in [-0.3, -0.25) is 0 Å². The van der Waals surface area contributed by atoms with Crippen molar-refractivity contribution in [2.24, 2.45) is 0 Å². The zero-order chi connectivity index (χ0) is 20.1. The van der Waals surface area contributed by atoms with Gasteiger partial charge in [-0.05, 0) is 49.6 Å². The van der Waals surface area contributed by atoms with E-state index in [0.717, 1.165) is 81.4 Å². The number of rotatable bonds is 4. The number of ether oxygens (including phenoxy) is 2. The molecule has 2 aromatic rings. The number of nitrogens with one attached hydrogen (secondary N) is 1. The summed E-state index contributed by atoms with van der Waals surface area (Å²) in [6.07, 6.45) is 6.58. The first-order valence-electron chi connectivity index (χ1n) is 10.3. The molecule has 0 unspecified atom stereocenters. The van der Waals surface area contributed by atoms with Gasteiger partial charge in [0.15, 0.2) is 0 Å². The number of aromatic nitrogens is 1. The van der Waals surface area contributed by atoms with Gasteiger partial charge in [0.1, 0.15) is 0 Å². The van der Waals surface area contributed by atoms with Crippen molar-refractivity contribution in [1.82, 2.24) is 4.98 Å². The molecule has 6 nitrogen and oxygen atoms in total. The average Bonchev–Trinajstić information content (AvgIpc) is 3.03. The van der Waals surface area contributed by atoms with Crippen molar-refractivity contribution < 1.29 is 9.47 Å². The molecule has 0 bridgehead atoms. The zero-order valence-electron chi connectivity index (χ0n) is 16.7. The van der Waals surface area contributed by atoms with Gasteiger partial charge in [-0.15, -0.1) is 0 Å². The first-order valence-corrected chi connectivity index (χ1v) is 10.3. The van der Waals surface area contributed by atoms with Crippen molar-refractivity contribution in [1.29, 1.82) is 5.41 Å². The third kappa shape index (κ3) is 4.83. The molecule has 1 aromatic carbocycles. The second-order valence-corrected chi connectivity index (χ2v) is 7.49. The van der Waals surface area contributed by atoms with Gasteiger partial charge in [-0.1, -0.05) is 11.6 Å². The van der Waals surface area contributed by atoms with E-state index in [4.69, 9.17) is 25.6 Å². The van der Waals surface area contributed by atoms with E-state index in [1.54, 1.807) is 0 Å². The topological polar surface area (TPSA) is 84.5 Å². The summed E-state index contributed by atoms with van der Waals surface area (Å²) in [5, 5.41) is 7.61. The van der Waals surface area contributed by atoms with Gasteiger partial charge in [-0.2, -0.15) is 0 Å². The molecule has 0 aliphatic carbocycles. The van der Waals surface area contributed by atoms with Crippen molar-refractivity contribution in [3.8, 4) is 11.3 Å². The smallest absolute Gasteiger partial charge is 0.0730 e. The van der Waals surface area contributed by atoms with Crippen molar-refractivity contribution in [2.75, 3.05) is 50.2 Å². The molecule has 4 rings (SSSR count). The molecule has 6 heteroatoms. The van der Waals surface area contributed by atoms with E-state index in [1.807, 2.05) is 18.2 Å². The lowest BCUT2D eigenvalue weighted by molar-refractivity contribution is 0.122. The van der Waals surface area contributed by atoms with Gasteiger partial charge in [0.05, 0.1) is 31.2 Å². The standard InChI is InChI=1S/C23H28N4O2/c24-16-19-13-18(3-4-22(19)25)23-15-21(27-6-10-29-11-7-27)14-20(26-23)12-17-2-1-8-28-9-5-17/h3-4,12-16,24H,1-2,5-11,25H2/b17-12-,24-16?. The van der Waals surface area contributed by atoms with Gasteiger partial charge < -0.3 is 25.5 Å². The summed E-state index contributed by atoms with van der Waals surface area (Å²) in [6.45, 7) is 4.85. The summed E-state index contributed by atoms with van der Waals surface area (Å²) in [5.41, 5.74) is 12.7. The van der Waals surface area contributed by atoms with Gasteiger partial charge >= 0.3 is 0 Å². The quantitative estimate of drug-likeness (QED) is 0.611. The molecule has 0 radical (unpaired) electrons. The Bertz CT molecular complexity index is 894. The molecule has 1 aromatic heterocycles. The van der Waals surface area contributed by atoms with Crippen LogP contribution in [-0.4, -0.2) is 50.7 Å². The summed E-state index contributed by atoms with van der Waals surface area (Å²) in [7, 11) is 0. The van der Waals surface area contributed by atoms with E-state index < -0.39 is 0 Å². The van der Waals surface area contributed by atoms with Crippen molar-refractivity contribution in [3.63, 3.8) is 0 Å². The highest BCUT2D eigenvalue weighted by atomic mass is 16.5. The van der Waals surface area contributed by atoms with E-state index in [1.165, 1.54) is 11.8 Å². The fourth-order valence-electron chi connectivity index (χ4n) is 3.81. The first-order chi connectivity index (χ1) is 14.2. The van der Waals surface area contributed by atoms with Crippen LogP contribution in [-0.2, 0) is 9.47 Å². The predicted octanol–water partition coefficient (Wildman–Crippen LogP) is 3.75. The van der Waals surface area contributed by atoms with Crippen LogP contribution in [0.15, 0.2) is 35.9 Å². The zero-order valence-corrected chi connectivity index (χ0v) is 16.7. The van der Waals surface area contributed by atoms with Crippen LogP contribution >= 0.6 is 0 Å². The summed E-state index contributed by atoms with van der Waals surface area (Å²) in [5.74, 6) is 0. The summed E-state index contributed by atoms with van der Waals surface area (Å²) in [4.78, 5) is 7.29. The summed E-state index contributed by atoms with van der Waals surface area (Å²) in [6, 6.07) is 10.1. The lowest BCUT2D eigenvalue weighted by Gasteiger charge is -2.29. The maximum absolute atomic E-state index is 7.61. The van der Waals surface area contributed by atoms with Crippen LogP contribution in [0.4, 0.5) is 11.4 Å². The molecule has 29 heavy (non-hydrogen) atoms. The van der Waals surface area contributed by atoms with Crippen LogP contribution in [0.2, 0.25) is 0 Å². The Balaban J connectivity index is 1.75. The highest BCUT2D eigenvalue weighted by Crippen LogP contribution is 2.28. The van der Waals surface area contributed by atoms with Crippen LogP contribution in [0, 0.1) is 5.41 Å². The minimum absolute atomic E-state index is 0.605. The maximum Gasteiger partial charge on any atom is 0.0730 e. The number of nitrogens with two attached hydrogens (primary N) is 1. The van der Waals surface area contributed by atoms with Crippen LogP contribution in [0.3, 0.4) is 0 Å². The molecule has 2 aliphatic rings. The fraction of sp³-hybridized carbons (Fsp3) is 0.391. The Kier molecular flexibility index (Phi) is 6.22. The van der Waals surface area contributed by atoms with Crippen LogP contribution in [0.5, 0.6) is 0 Å². The molecular formula is C23H28N4O2. The Morgan fingerprint density at radius 3 is 2.66 bits per heavy atom. The second-order valence-electron chi connectivity index (χ2n) is 7.49. The number of morpholine rings is 1. The second kappa shape index (κ2) is 9.20. The number of nitrogens with zero attached hydrogens (tertiary/aromatic N) is 2. The number of hydrogen-bond acceptors (Lipinski definition) is 6. The molecule has 2 saturated heterocycles. The lowest BCUT2D eigenvalue weighted by atomic mass is 10.0. The maximum atomic E-state index is 7.61. The van der Waals surface area contributed by atoms with E-state index in [-0.39, 0.29) is 0 Å². The van der Waals surface area contributed by atoms with Gasteiger partial charge in [0.25, 0.3) is 0 Å². The van der Waals surface area contributed by atoms with Gasteiger partial charge in [-0.25, -0.2) is 4.98 Å². The molecule has 152 valence electrons. The molecular weight excluding hydrogens is 364 g/mol. The summed E-state index contributed by atoms with van der Waals surface area (Å²) < 4.78 is 11.1. The van der Waals surface area contributed by atoms with Gasteiger partial charge in [0.2, 0.25) is 0 Å². The molecule has 3 heterocycles.